The van der Waals surface area contributed by atoms with E-state index in [1.165, 1.54) is 0 Å². The van der Waals surface area contributed by atoms with Crippen molar-refractivity contribution in [1.29, 1.82) is 0 Å². The molecule has 0 saturated carbocycles. The highest BCUT2D eigenvalue weighted by Gasteiger charge is 2.09. The van der Waals surface area contributed by atoms with E-state index in [-0.39, 0.29) is 5.91 Å². The second kappa shape index (κ2) is 5.52. The van der Waals surface area contributed by atoms with Crippen molar-refractivity contribution in [2.75, 3.05) is 12.4 Å². The topological polar surface area (TPSA) is 51.2 Å². The van der Waals surface area contributed by atoms with Gasteiger partial charge in [0.05, 0.1) is 19.0 Å². The Hall–Kier alpha value is -2.36. The van der Waals surface area contributed by atoms with E-state index < -0.39 is 0 Å². The number of methoxy groups -OCH3 is 1. The molecule has 98 valence electrons. The number of carbonyl (C=O) groups excluding carboxylic acids is 1. The maximum absolute atomic E-state index is 12.2. The van der Waals surface area contributed by atoms with Gasteiger partial charge in [0, 0.05) is 11.6 Å². The molecule has 0 radical (unpaired) electrons. The highest BCUT2D eigenvalue weighted by atomic mass is 16.5. The van der Waals surface area contributed by atoms with E-state index in [1.54, 1.807) is 25.4 Å². The quantitative estimate of drug-likeness (QED) is 0.918. The summed E-state index contributed by atoms with van der Waals surface area (Å²) in [5, 5.41) is 2.82. The third kappa shape index (κ3) is 3.10. The zero-order chi connectivity index (χ0) is 13.8. The minimum absolute atomic E-state index is 0.131. The smallest absolute Gasteiger partial charge is 0.255 e. The summed E-state index contributed by atoms with van der Waals surface area (Å²) in [5.41, 5.74) is 3.33. The lowest BCUT2D eigenvalue weighted by Gasteiger charge is -2.08. The lowest BCUT2D eigenvalue weighted by Crippen LogP contribution is -2.13. The van der Waals surface area contributed by atoms with Crippen LogP contribution in [-0.4, -0.2) is 18.0 Å². The van der Waals surface area contributed by atoms with Crippen LogP contribution in [0.3, 0.4) is 0 Å². The average Bonchev–Trinajstić information content (AvgIpc) is 2.42. The van der Waals surface area contributed by atoms with Gasteiger partial charge in [0.15, 0.2) is 0 Å². The number of nitrogens with zero attached hydrogens (tertiary/aromatic N) is 1. The molecule has 4 heteroatoms. The maximum Gasteiger partial charge on any atom is 0.255 e. The SMILES string of the molecule is COc1ccc(NC(=O)c2cc(C)ccc2C)cn1. The molecule has 1 aromatic carbocycles. The van der Waals surface area contributed by atoms with Gasteiger partial charge in [0.2, 0.25) is 5.88 Å². The van der Waals surface area contributed by atoms with E-state index >= 15 is 0 Å². The highest BCUT2D eigenvalue weighted by molar-refractivity contribution is 6.05. The molecule has 0 atom stereocenters. The van der Waals surface area contributed by atoms with E-state index in [2.05, 4.69) is 10.3 Å². The van der Waals surface area contributed by atoms with Crippen molar-refractivity contribution in [3.05, 3.63) is 53.2 Å². The Kier molecular flexibility index (Phi) is 3.80. The van der Waals surface area contributed by atoms with Gasteiger partial charge in [-0.1, -0.05) is 17.7 Å². The van der Waals surface area contributed by atoms with Gasteiger partial charge in [-0.3, -0.25) is 4.79 Å². The summed E-state index contributed by atoms with van der Waals surface area (Å²) in [4.78, 5) is 16.2. The minimum Gasteiger partial charge on any atom is -0.481 e. The number of ether oxygens (including phenoxy) is 1. The number of hydrogen-bond donors (Lipinski definition) is 1. The van der Waals surface area contributed by atoms with Gasteiger partial charge in [-0.25, -0.2) is 4.98 Å². The molecule has 2 rings (SSSR count). The van der Waals surface area contributed by atoms with E-state index in [0.717, 1.165) is 11.1 Å². The fourth-order valence-corrected chi connectivity index (χ4v) is 1.75. The fraction of sp³-hybridized carbons (Fsp3) is 0.200. The Morgan fingerprint density at radius 2 is 2.00 bits per heavy atom. The molecule has 19 heavy (non-hydrogen) atoms. The summed E-state index contributed by atoms with van der Waals surface area (Å²) in [6.07, 6.45) is 1.57. The van der Waals surface area contributed by atoms with Crippen LogP contribution in [0, 0.1) is 13.8 Å². The Balaban J connectivity index is 2.18. The van der Waals surface area contributed by atoms with Crippen molar-refractivity contribution in [1.82, 2.24) is 4.98 Å². The third-order valence-electron chi connectivity index (χ3n) is 2.84. The number of aromatic nitrogens is 1. The number of rotatable bonds is 3. The molecule has 0 aliphatic carbocycles. The largest absolute Gasteiger partial charge is 0.481 e. The first-order valence-corrected chi connectivity index (χ1v) is 5.99. The summed E-state index contributed by atoms with van der Waals surface area (Å²) in [6, 6.07) is 9.27. The number of pyridine rings is 1. The Morgan fingerprint density at radius 1 is 1.21 bits per heavy atom. The van der Waals surface area contributed by atoms with E-state index in [1.807, 2.05) is 32.0 Å². The molecule has 2 aromatic rings. The highest BCUT2D eigenvalue weighted by Crippen LogP contribution is 2.15. The normalized spacial score (nSPS) is 10.1. The number of aryl methyl sites for hydroxylation is 2. The predicted octanol–water partition coefficient (Wildman–Crippen LogP) is 2.96. The lowest BCUT2D eigenvalue weighted by molar-refractivity contribution is 0.102. The van der Waals surface area contributed by atoms with Crippen LogP contribution in [-0.2, 0) is 0 Å². The molecular weight excluding hydrogens is 240 g/mol. The van der Waals surface area contributed by atoms with Crippen molar-refractivity contribution in [3.63, 3.8) is 0 Å². The van der Waals surface area contributed by atoms with Crippen LogP contribution in [0.5, 0.6) is 5.88 Å². The summed E-state index contributed by atoms with van der Waals surface area (Å²) in [7, 11) is 1.55. The zero-order valence-corrected chi connectivity index (χ0v) is 11.2. The van der Waals surface area contributed by atoms with E-state index in [9.17, 15) is 4.79 Å². The van der Waals surface area contributed by atoms with Crippen LogP contribution in [0.15, 0.2) is 36.5 Å². The van der Waals surface area contributed by atoms with Crippen molar-refractivity contribution < 1.29 is 9.53 Å². The predicted molar refractivity (Wildman–Crippen MR) is 74.7 cm³/mol. The van der Waals surface area contributed by atoms with Crippen LogP contribution in [0.1, 0.15) is 21.5 Å². The molecule has 0 bridgehead atoms. The third-order valence-corrected chi connectivity index (χ3v) is 2.84. The standard InChI is InChI=1S/C15H16N2O2/c1-10-4-5-11(2)13(8-10)15(18)17-12-6-7-14(19-3)16-9-12/h4-9H,1-3H3,(H,17,18). The first kappa shape index (κ1) is 13.1. The van der Waals surface area contributed by atoms with Crippen molar-refractivity contribution in [3.8, 4) is 5.88 Å². The number of benzene rings is 1. The maximum atomic E-state index is 12.2. The van der Waals surface area contributed by atoms with Crippen molar-refractivity contribution >= 4 is 11.6 Å². The second-order valence-electron chi connectivity index (χ2n) is 4.36. The van der Waals surface area contributed by atoms with Crippen LogP contribution in [0.4, 0.5) is 5.69 Å². The van der Waals surface area contributed by atoms with Gasteiger partial charge in [-0.15, -0.1) is 0 Å². The summed E-state index contributed by atoms with van der Waals surface area (Å²) in [6.45, 7) is 3.88. The summed E-state index contributed by atoms with van der Waals surface area (Å²) < 4.78 is 4.97. The number of carbonyl (C=O) groups is 1. The molecule has 0 spiro atoms. The van der Waals surface area contributed by atoms with Crippen LogP contribution in [0.2, 0.25) is 0 Å². The molecule has 0 aliphatic rings. The molecule has 4 nitrogen and oxygen atoms in total. The molecule has 0 saturated heterocycles. The van der Waals surface area contributed by atoms with Crippen LogP contribution >= 0.6 is 0 Å². The van der Waals surface area contributed by atoms with Gasteiger partial charge in [0.1, 0.15) is 0 Å². The van der Waals surface area contributed by atoms with Crippen molar-refractivity contribution in [2.24, 2.45) is 0 Å². The fourth-order valence-electron chi connectivity index (χ4n) is 1.75. The van der Waals surface area contributed by atoms with Crippen LogP contribution < -0.4 is 10.1 Å². The zero-order valence-electron chi connectivity index (χ0n) is 11.2. The molecule has 1 amide bonds. The average molecular weight is 256 g/mol. The first-order chi connectivity index (χ1) is 9.10. The minimum atomic E-state index is -0.131. The Labute approximate surface area is 112 Å². The Morgan fingerprint density at radius 3 is 2.63 bits per heavy atom. The lowest BCUT2D eigenvalue weighted by atomic mass is 10.1. The number of amides is 1. The van der Waals surface area contributed by atoms with Crippen LogP contribution in [0.25, 0.3) is 0 Å². The molecule has 1 aromatic heterocycles. The van der Waals surface area contributed by atoms with Crippen molar-refractivity contribution in [2.45, 2.75) is 13.8 Å². The summed E-state index contributed by atoms with van der Waals surface area (Å²) >= 11 is 0. The second-order valence-corrected chi connectivity index (χ2v) is 4.36. The van der Waals surface area contributed by atoms with Gasteiger partial charge in [-0.2, -0.15) is 0 Å². The van der Waals surface area contributed by atoms with Gasteiger partial charge in [0.25, 0.3) is 5.91 Å². The Bertz CT molecular complexity index is 592. The number of hydrogen-bond acceptors (Lipinski definition) is 3. The molecule has 0 unspecified atom stereocenters. The van der Waals surface area contributed by atoms with E-state index in [0.29, 0.717) is 17.1 Å². The molecule has 1 N–H and O–H groups in total. The number of anilines is 1. The van der Waals surface area contributed by atoms with Gasteiger partial charge in [-0.05, 0) is 31.5 Å². The molecule has 0 aliphatic heterocycles. The summed E-state index contributed by atoms with van der Waals surface area (Å²) in [5.74, 6) is 0.387. The van der Waals surface area contributed by atoms with Gasteiger partial charge < -0.3 is 10.1 Å². The number of nitrogens with one attached hydrogen (secondary N) is 1. The first-order valence-electron chi connectivity index (χ1n) is 5.99. The molecular formula is C15H16N2O2. The molecule has 1 heterocycles. The molecule has 0 fully saturated rings. The van der Waals surface area contributed by atoms with Gasteiger partial charge >= 0.3 is 0 Å². The van der Waals surface area contributed by atoms with E-state index in [4.69, 9.17) is 4.74 Å². The monoisotopic (exact) mass is 256 g/mol.